The summed E-state index contributed by atoms with van der Waals surface area (Å²) in [5.74, 6) is 0.950. The van der Waals surface area contributed by atoms with Gasteiger partial charge >= 0.3 is 0 Å². The highest BCUT2D eigenvalue weighted by atomic mass is 16.5. The number of aryl methyl sites for hydroxylation is 1. The molecule has 4 aromatic rings. The lowest BCUT2D eigenvalue weighted by Crippen LogP contribution is -2.04. The van der Waals surface area contributed by atoms with Crippen molar-refractivity contribution >= 4 is 12.2 Å². The van der Waals surface area contributed by atoms with Crippen LogP contribution in [0.25, 0.3) is 12.2 Å². The van der Waals surface area contributed by atoms with Crippen LogP contribution >= 0.6 is 0 Å². The molecule has 0 unspecified atom stereocenters. The molecule has 4 rings (SSSR count). The van der Waals surface area contributed by atoms with Crippen LogP contribution in [0, 0.1) is 6.92 Å². The Labute approximate surface area is 182 Å². The number of ether oxygens (including phenoxy) is 2. The minimum atomic E-state index is 0.382. The van der Waals surface area contributed by atoms with Crippen molar-refractivity contribution in [1.29, 1.82) is 0 Å². The normalized spacial score (nSPS) is 10.9. The lowest BCUT2D eigenvalue weighted by atomic mass is 10.1. The summed E-state index contributed by atoms with van der Waals surface area (Å²) in [6.07, 6.45) is 3.93. The van der Waals surface area contributed by atoms with E-state index in [9.17, 15) is 0 Å². The van der Waals surface area contributed by atoms with Gasteiger partial charge in [0, 0.05) is 6.07 Å². The zero-order valence-corrected chi connectivity index (χ0v) is 17.4. The summed E-state index contributed by atoms with van der Waals surface area (Å²) in [6.45, 7) is 2.90. The zero-order valence-electron chi connectivity index (χ0n) is 17.4. The molecular weight excluding hydrogens is 384 g/mol. The average molecular weight is 409 g/mol. The van der Waals surface area contributed by atoms with Gasteiger partial charge in [-0.05, 0) is 29.7 Å². The van der Waals surface area contributed by atoms with Crippen LogP contribution in [0.4, 0.5) is 0 Å². The van der Waals surface area contributed by atoms with Gasteiger partial charge < -0.3 is 9.47 Å². The van der Waals surface area contributed by atoms with Crippen molar-refractivity contribution in [2.24, 2.45) is 0 Å². The van der Waals surface area contributed by atoms with Crippen LogP contribution in [0.1, 0.15) is 27.9 Å². The molecule has 0 saturated heterocycles. The number of nitrogens with zero attached hydrogens (tertiary/aromatic N) is 2. The van der Waals surface area contributed by atoms with Crippen LogP contribution in [0.15, 0.2) is 91.0 Å². The Morgan fingerprint density at radius 1 is 0.677 bits per heavy atom. The van der Waals surface area contributed by atoms with E-state index in [0.29, 0.717) is 30.5 Å². The summed E-state index contributed by atoms with van der Waals surface area (Å²) < 4.78 is 12.0. The first kappa shape index (κ1) is 20.4. The van der Waals surface area contributed by atoms with E-state index in [4.69, 9.17) is 9.47 Å². The van der Waals surface area contributed by atoms with E-state index >= 15 is 0 Å². The second-order valence-corrected chi connectivity index (χ2v) is 7.23. The summed E-state index contributed by atoms with van der Waals surface area (Å²) in [6, 6.07) is 30.2. The summed E-state index contributed by atoms with van der Waals surface area (Å²) in [7, 11) is 0. The summed E-state index contributed by atoms with van der Waals surface area (Å²) in [5, 5.41) is 8.58. The van der Waals surface area contributed by atoms with Crippen LogP contribution in [-0.2, 0) is 13.2 Å². The van der Waals surface area contributed by atoms with E-state index in [1.54, 1.807) is 0 Å². The maximum absolute atomic E-state index is 6.06. The fraction of sp³-hybridized carbons (Fsp3) is 0.111. The number of benzene rings is 3. The smallest absolute Gasteiger partial charge is 0.276 e. The van der Waals surface area contributed by atoms with Gasteiger partial charge in [-0.1, -0.05) is 96.6 Å². The minimum absolute atomic E-state index is 0.382. The minimum Gasteiger partial charge on any atom is -0.483 e. The molecule has 31 heavy (non-hydrogen) atoms. The second kappa shape index (κ2) is 10.2. The van der Waals surface area contributed by atoms with Gasteiger partial charge in [-0.3, -0.25) is 0 Å². The number of rotatable bonds is 8. The Hall–Kier alpha value is -3.92. The van der Waals surface area contributed by atoms with Crippen LogP contribution in [0.5, 0.6) is 11.6 Å². The Kier molecular flexibility index (Phi) is 6.71. The van der Waals surface area contributed by atoms with Gasteiger partial charge in [-0.25, -0.2) is 0 Å². The predicted octanol–water partition coefficient (Wildman–Crippen LogP) is 6.11. The van der Waals surface area contributed by atoms with Crippen molar-refractivity contribution in [2.45, 2.75) is 20.1 Å². The lowest BCUT2D eigenvalue weighted by Gasteiger charge is -2.12. The molecule has 0 amide bonds. The molecule has 0 radical (unpaired) electrons. The van der Waals surface area contributed by atoms with E-state index < -0.39 is 0 Å². The molecule has 4 heteroatoms. The van der Waals surface area contributed by atoms with Gasteiger partial charge in [0.15, 0.2) is 5.75 Å². The SMILES string of the molecule is Cc1ccc(C=Cc2cc(OCc3ccccc3)c(OCc3ccccc3)nn2)cc1. The van der Waals surface area contributed by atoms with Crippen LogP contribution in [0.3, 0.4) is 0 Å². The molecule has 0 atom stereocenters. The fourth-order valence-corrected chi connectivity index (χ4v) is 2.98. The molecule has 0 spiro atoms. The van der Waals surface area contributed by atoms with E-state index in [-0.39, 0.29) is 0 Å². The van der Waals surface area contributed by atoms with Crippen LogP contribution in [0.2, 0.25) is 0 Å². The summed E-state index contributed by atoms with van der Waals surface area (Å²) >= 11 is 0. The maximum Gasteiger partial charge on any atom is 0.276 e. The van der Waals surface area contributed by atoms with Crippen molar-refractivity contribution in [3.05, 3.63) is 119 Å². The van der Waals surface area contributed by atoms with Crippen molar-refractivity contribution in [2.75, 3.05) is 0 Å². The first-order chi connectivity index (χ1) is 15.3. The molecule has 3 aromatic carbocycles. The first-order valence-electron chi connectivity index (χ1n) is 10.2. The average Bonchev–Trinajstić information content (AvgIpc) is 2.83. The van der Waals surface area contributed by atoms with E-state index in [0.717, 1.165) is 16.7 Å². The van der Waals surface area contributed by atoms with Gasteiger partial charge in [0.1, 0.15) is 13.2 Å². The maximum atomic E-state index is 6.06. The Morgan fingerprint density at radius 3 is 1.94 bits per heavy atom. The standard InChI is InChI=1S/C27H24N2O2/c1-21-12-14-22(15-13-21)16-17-25-18-26(30-19-23-8-4-2-5-9-23)27(29-28-25)31-20-24-10-6-3-7-11-24/h2-18H,19-20H2,1H3. The zero-order chi connectivity index (χ0) is 21.3. The van der Waals surface area contributed by atoms with Crippen molar-refractivity contribution in [3.8, 4) is 11.6 Å². The van der Waals surface area contributed by atoms with Gasteiger partial charge in [0.25, 0.3) is 5.88 Å². The van der Waals surface area contributed by atoms with E-state index in [1.165, 1.54) is 5.56 Å². The quantitative estimate of drug-likeness (QED) is 0.353. The molecule has 0 saturated carbocycles. The van der Waals surface area contributed by atoms with Crippen LogP contribution in [-0.4, -0.2) is 10.2 Å². The van der Waals surface area contributed by atoms with Gasteiger partial charge in [0.2, 0.25) is 0 Å². The van der Waals surface area contributed by atoms with Gasteiger partial charge in [0.05, 0.1) is 5.69 Å². The molecule has 1 aromatic heterocycles. The highest BCUT2D eigenvalue weighted by molar-refractivity contribution is 5.68. The van der Waals surface area contributed by atoms with E-state index in [2.05, 4.69) is 41.4 Å². The first-order valence-corrected chi connectivity index (χ1v) is 10.2. The molecule has 1 heterocycles. The Bertz CT molecular complexity index is 1130. The number of aromatic nitrogens is 2. The summed E-state index contributed by atoms with van der Waals surface area (Å²) in [4.78, 5) is 0. The monoisotopic (exact) mass is 408 g/mol. The third-order valence-corrected chi connectivity index (χ3v) is 4.73. The highest BCUT2D eigenvalue weighted by Gasteiger charge is 2.10. The largest absolute Gasteiger partial charge is 0.483 e. The third-order valence-electron chi connectivity index (χ3n) is 4.73. The lowest BCUT2D eigenvalue weighted by molar-refractivity contribution is 0.244. The summed E-state index contributed by atoms with van der Waals surface area (Å²) in [5.41, 5.74) is 5.17. The highest BCUT2D eigenvalue weighted by Crippen LogP contribution is 2.27. The Morgan fingerprint density at radius 2 is 1.29 bits per heavy atom. The molecule has 0 aliphatic heterocycles. The molecule has 154 valence electrons. The number of hydrogen-bond acceptors (Lipinski definition) is 4. The van der Waals surface area contributed by atoms with Gasteiger partial charge in [-0.15, -0.1) is 10.2 Å². The molecular formula is C27H24N2O2. The number of hydrogen-bond donors (Lipinski definition) is 0. The molecule has 0 bridgehead atoms. The molecule has 0 N–H and O–H groups in total. The Balaban J connectivity index is 1.53. The van der Waals surface area contributed by atoms with Crippen molar-refractivity contribution < 1.29 is 9.47 Å². The van der Waals surface area contributed by atoms with Crippen molar-refractivity contribution in [3.63, 3.8) is 0 Å². The molecule has 0 fully saturated rings. The topological polar surface area (TPSA) is 44.2 Å². The molecule has 0 aliphatic carbocycles. The molecule has 4 nitrogen and oxygen atoms in total. The fourth-order valence-electron chi connectivity index (χ4n) is 2.98. The second-order valence-electron chi connectivity index (χ2n) is 7.23. The van der Waals surface area contributed by atoms with Gasteiger partial charge in [-0.2, -0.15) is 0 Å². The predicted molar refractivity (Wildman–Crippen MR) is 124 cm³/mol. The van der Waals surface area contributed by atoms with E-state index in [1.807, 2.05) is 78.9 Å². The van der Waals surface area contributed by atoms with Crippen molar-refractivity contribution in [1.82, 2.24) is 10.2 Å². The molecule has 0 aliphatic rings. The third kappa shape index (κ3) is 6.03. The van der Waals surface area contributed by atoms with Crippen LogP contribution < -0.4 is 9.47 Å².